The molecule has 0 bridgehead atoms. The maximum absolute atomic E-state index is 14.5. The molecule has 1 aromatic rings. The van der Waals surface area contributed by atoms with Crippen LogP contribution in [0.1, 0.15) is 133 Å². The van der Waals surface area contributed by atoms with Crippen molar-refractivity contribution < 1.29 is 72.5 Å². The number of hydrogen-bond acceptors (Lipinski definition) is 16. The fourth-order valence-corrected chi connectivity index (χ4v) is 8.93. The van der Waals surface area contributed by atoms with Crippen LogP contribution in [-0.2, 0) is 68.7 Å². The summed E-state index contributed by atoms with van der Waals surface area (Å²) in [7, 11) is 0. The Morgan fingerprint density at radius 1 is 0.478 bits per heavy atom. The molecule has 0 aliphatic heterocycles. The molecule has 0 radical (unpaired) electrons. The zero-order valence-corrected chi connectivity index (χ0v) is 53.7. The summed E-state index contributed by atoms with van der Waals surface area (Å²) in [4.78, 5) is 178. The van der Waals surface area contributed by atoms with E-state index in [1.54, 1.807) is 99.6 Å². The van der Waals surface area contributed by atoms with E-state index in [1.807, 2.05) is 0 Å². The van der Waals surface area contributed by atoms with Gasteiger partial charge in [0.25, 0.3) is 0 Å². The number of nitrogens with one attached hydrogen (secondary N) is 11. The molecule has 0 aromatic heterocycles. The fraction of sp³-hybridized carbons (Fsp3) is 0.661. The average molecular weight is 1270 g/mol. The number of carbonyl (C=O) groups excluding carboxylic acids is 12. The second-order valence-corrected chi connectivity index (χ2v) is 24.1. The number of hydrogen-bond donors (Lipinski definition) is 17. The lowest BCUT2D eigenvalue weighted by Crippen LogP contribution is -2.61. The van der Waals surface area contributed by atoms with Crippen molar-refractivity contribution in [3.8, 4) is 0 Å². The lowest BCUT2D eigenvalue weighted by atomic mass is 9.95. The molecule has 1 aromatic carbocycles. The Morgan fingerprint density at radius 3 is 1.31 bits per heavy atom. The molecule has 1 rings (SSSR count). The maximum atomic E-state index is 14.5. The van der Waals surface area contributed by atoms with Gasteiger partial charge < -0.3 is 91.6 Å². The van der Waals surface area contributed by atoms with Crippen LogP contribution in [0.3, 0.4) is 0 Å². The number of rotatable bonds is 42. The first-order valence-corrected chi connectivity index (χ1v) is 30.3. The van der Waals surface area contributed by atoms with Gasteiger partial charge in [0.1, 0.15) is 60.9 Å². The molecular weight excluding hydrogens is 1170 g/mol. The van der Waals surface area contributed by atoms with Gasteiger partial charge >= 0.3 is 5.97 Å². The molecule has 506 valence electrons. The topological polar surface area (TPSA) is 511 Å². The molecule has 0 spiro atoms. The lowest BCUT2D eigenvalue weighted by Gasteiger charge is -2.30. The Labute approximate surface area is 526 Å². The molecule has 0 aliphatic rings. The summed E-state index contributed by atoms with van der Waals surface area (Å²) in [6.45, 7) is 16.9. The SMILES string of the molecule is CC[C@H](C)[C@H](NC(=O)[C@H](CCCN=C(N)N)NC(=O)[C@H](CC(N)=O)NC(=O)[C@H](CC(C)C)NC(=O)CNC(=O)[C@@H](N)[C@@H](C)O)C(=O)N[C@@H](CC(C)C)C(=O)N[C@@H](CC(C)C)C(=O)NCC(=O)N[C@@H](Cc1ccccc1)C(=O)N[C@@H](CC(C)C)C(=O)NCC(=O)O. The second-order valence-electron chi connectivity index (χ2n) is 24.1. The van der Waals surface area contributed by atoms with Crippen LogP contribution in [0.15, 0.2) is 35.3 Å². The molecule has 31 heteroatoms. The minimum Gasteiger partial charge on any atom is -0.480 e. The predicted octanol–water partition coefficient (Wildman–Crippen LogP) is -3.59. The van der Waals surface area contributed by atoms with E-state index in [1.165, 1.54) is 6.92 Å². The van der Waals surface area contributed by atoms with Gasteiger partial charge in [0, 0.05) is 13.0 Å². The first kappa shape index (κ1) is 79.5. The molecule has 12 amide bonds. The zero-order valence-electron chi connectivity index (χ0n) is 53.7. The molecular formula is C59H100N16O15. The number of guanidine groups is 1. The molecule has 0 aliphatic carbocycles. The zero-order chi connectivity index (χ0) is 68.5. The molecule has 21 N–H and O–H groups in total. The number of aliphatic carboxylic acids is 1. The molecule has 0 fully saturated rings. The average Bonchev–Trinajstić information content (AvgIpc) is 1.54. The number of benzene rings is 1. The number of primary amides is 1. The smallest absolute Gasteiger partial charge is 0.322 e. The quantitative estimate of drug-likeness (QED) is 0.0171. The van der Waals surface area contributed by atoms with E-state index in [4.69, 9.17) is 28.0 Å². The van der Waals surface area contributed by atoms with Crippen molar-refractivity contribution >= 4 is 82.8 Å². The van der Waals surface area contributed by atoms with Gasteiger partial charge in [-0.1, -0.05) is 106 Å². The summed E-state index contributed by atoms with van der Waals surface area (Å²) in [5, 5.41) is 46.6. The third kappa shape index (κ3) is 32.1. The maximum Gasteiger partial charge on any atom is 0.322 e. The summed E-state index contributed by atoms with van der Waals surface area (Å²) in [6, 6.07) is -3.60. The van der Waals surface area contributed by atoms with Crippen LogP contribution in [0.2, 0.25) is 0 Å². The normalized spacial score (nSPS) is 14.9. The van der Waals surface area contributed by atoms with E-state index < -0.39 is 169 Å². The van der Waals surface area contributed by atoms with Crippen LogP contribution in [-0.4, -0.2) is 180 Å². The van der Waals surface area contributed by atoms with E-state index in [2.05, 4.69) is 63.5 Å². The largest absolute Gasteiger partial charge is 0.480 e. The van der Waals surface area contributed by atoms with E-state index in [-0.39, 0.29) is 81.1 Å². The van der Waals surface area contributed by atoms with Gasteiger partial charge in [0.2, 0.25) is 70.9 Å². The Morgan fingerprint density at radius 2 is 0.867 bits per heavy atom. The fourth-order valence-electron chi connectivity index (χ4n) is 8.93. The van der Waals surface area contributed by atoms with E-state index in [0.29, 0.717) is 12.0 Å². The highest BCUT2D eigenvalue weighted by Crippen LogP contribution is 2.15. The number of nitrogens with two attached hydrogens (primary N) is 4. The highest BCUT2D eigenvalue weighted by Gasteiger charge is 2.37. The van der Waals surface area contributed by atoms with Crippen molar-refractivity contribution in [3.63, 3.8) is 0 Å². The standard InChI is InChI=1S/C59H100N16O15/c1-12-34(10)49(75-52(84)37(19-16-20-64-59(62)63)70-56(88)43(26-44(60)77)73-53(85)40(23-32(6)7)68-46(79)28-66-57(89)48(61)35(11)76)58(90)74-41(24-33(8)9)54(86)71-38(21-30(2)3)50(82)65-27-45(78)69-42(25-36-17-14-13-15-18-36)55(87)72-39(22-31(4)5)51(83)67-29-47(80)81/h13-15,17-18,30-35,37-43,48-49,76H,12,16,19-29,61H2,1-11H3,(H2,60,77)(H,65,82)(H,66,89)(H,67,83)(H,68,79)(H,69,78)(H,70,88)(H,71,86)(H,72,87)(H,73,85)(H,74,90)(H,75,84)(H,80,81)(H4,62,63,64)/t34-,35+,37-,38-,39-,40-,41-,42-,43-,48-,49-/m0/s1. The summed E-state index contributed by atoms with van der Waals surface area (Å²) >= 11 is 0. The molecule has 90 heavy (non-hydrogen) atoms. The molecule has 0 saturated heterocycles. The molecule has 0 heterocycles. The van der Waals surface area contributed by atoms with E-state index in [0.717, 1.165) is 0 Å². The lowest BCUT2D eigenvalue weighted by molar-refractivity contribution is -0.138. The van der Waals surface area contributed by atoms with E-state index in [9.17, 15) is 67.4 Å². The van der Waals surface area contributed by atoms with Crippen LogP contribution in [0, 0.1) is 29.6 Å². The summed E-state index contributed by atoms with van der Waals surface area (Å²) in [5.74, 6) is -13.3. The van der Waals surface area contributed by atoms with Crippen molar-refractivity contribution in [3.05, 3.63) is 35.9 Å². The summed E-state index contributed by atoms with van der Waals surface area (Å²) in [6.07, 6.45) is -1.59. The Bertz CT molecular complexity index is 2600. The van der Waals surface area contributed by atoms with Gasteiger partial charge in [0.15, 0.2) is 5.96 Å². The van der Waals surface area contributed by atoms with Crippen LogP contribution in [0.25, 0.3) is 0 Å². The van der Waals surface area contributed by atoms with Gasteiger partial charge in [-0.25, -0.2) is 0 Å². The monoisotopic (exact) mass is 1270 g/mol. The highest BCUT2D eigenvalue weighted by molar-refractivity contribution is 5.99. The van der Waals surface area contributed by atoms with Crippen LogP contribution >= 0.6 is 0 Å². The van der Waals surface area contributed by atoms with Crippen molar-refractivity contribution in [1.82, 2.24) is 58.5 Å². The number of carbonyl (C=O) groups is 13. The Hall–Kier alpha value is -8.48. The van der Waals surface area contributed by atoms with Crippen LogP contribution in [0.5, 0.6) is 0 Å². The third-order valence-electron chi connectivity index (χ3n) is 13.8. The minimum atomic E-state index is -1.72. The molecule has 31 nitrogen and oxygen atoms in total. The molecule has 11 atom stereocenters. The van der Waals surface area contributed by atoms with Crippen LogP contribution < -0.4 is 81.4 Å². The third-order valence-corrected chi connectivity index (χ3v) is 13.8. The first-order chi connectivity index (χ1) is 42.0. The van der Waals surface area contributed by atoms with Crippen molar-refractivity contribution in [2.24, 2.45) is 57.5 Å². The number of aliphatic imine (C=N–C) groups is 1. The number of nitrogens with zero attached hydrogens (tertiary/aromatic N) is 1. The number of carboxylic acids is 1. The Kier molecular flexibility index (Phi) is 36.2. The first-order valence-electron chi connectivity index (χ1n) is 30.3. The molecule has 0 unspecified atom stereocenters. The van der Waals surface area contributed by atoms with E-state index >= 15 is 0 Å². The van der Waals surface area contributed by atoms with Gasteiger partial charge in [-0.15, -0.1) is 0 Å². The Balaban J connectivity index is 3.50. The van der Waals surface area contributed by atoms with Crippen molar-refractivity contribution in [2.45, 2.75) is 194 Å². The second kappa shape index (κ2) is 40.9. The molecule has 0 saturated carbocycles. The van der Waals surface area contributed by atoms with Gasteiger partial charge in [-0.05, 0) is 80.6 Å². The summed E-state index contributed by atoms with van der Waals surface area (Å²) in [5.41, 5.74) is 22.8. The highest BCUT2D eigenvalue weighted by atomic mass is 16.4. The van der Waals surface area contributed by atoms with Gasteiger partial charge in [-0.3, -0.25) is 67.3 Å². The van der Waals surface area contributed by atoms with Gasteiger partial charge in [0.05, 0.1) is 25.6 Å². The minimum absolute atomic E-state index is 0.0138. The number of aliphatic hydroxyl groups is 1. The van der Waals surface area contributed by atoms with Gasteiger partial charge in [-0.2, -0.15) is 0 Å². The van der Waals surface area contributed by atoms with Crippen molar-refractivity contribution in [1.29, 1.82) is 0 Å². The summed E-state index contributed by atoms with van der Waals surface area (Å²) < 4.78 is 0. The predicted molar refractivity (Wildman–Crippen MR) is 333 cm³/mol. The van der Waals surface area contributed by atoms with Crippen LogP contribution in [0.4, 0.5) is 0 Å². The number of aliphatic hydroxyl groups excluding tert-OH is 1. The number of carboxylic acid groups (broad SMARTS) is 1. The van der Waals surface area contributed by atoms with Crippen molar-refractivity contribution in [2.75, 3.05) is 26.2 Å². The number of amides is 12.